The Morgan fingerprint density at radius 3 is 2.16 bits per heavy atom. The van der Waals surface area contributed by atoms with Crippen LogP contribution in [0.15, 0.2) is 42.5 Å². The minimum atomic E-state index is -0.298. The highest BCUT2D eigenvalue weighted by atomic mass is 16.5. The Balaban J connectivity index is 1.90. The highest BCUT2D eigenvalue weighted by Gasteiger charge is 2.10. The summed E-state index contributed by atoms with van der Waals surface area (Å²) in [6.07, 6.45) is 0.0771. The number of carbonyl (C=O) groups is 2. The number of rotatable bonds is 6. The monoisotopic (exact) mass is 340 g/mol. The van der Waals surface area contributed by atoms with Gasteiger partial charge in [0.25, 0.3) is 5.91 Å². The zero-order chi connectivity index (χ0) is 18.4. The first-order valence-corrected chi connectivity index (χ1v) is 8.28. The highest BCUT2D eigenvalue weighted by molar-refractivity contribution is 5.99. The van der Waals surface area contributed by atoms with E-state index in [4.69, 9.17) is 4.74 Å². The number of carbonyl (C=O) groups excluding carboxylic acids is 2. The van der Waals surface area contributed by atoms with E-state index in [0.717, 1.165) is 16.8 Å². The van der Waals surface area contributed by atoms with E-state index in [1.54, 1.807) is 24.3 Å². The van der Waals surface area contributed by atoms with Crippen LogP contribution in [0.25, 0.3) is 0 Å². The molecule has 2 amide bonds. The third kappa shape index (κ3) is 5.35. The van der Waals surface area contributed by atoms with Gasteiger partial charge in [0.2, 0.25) is 5.91 Å². The van der Waals surface area contributed by atoms with Crippen LogP contribution in [0.4, 0.5) is 5.69 Å². The van der Waals surface area contributed by atoms with Crippen molar-refractivity contribution in [1.82, 2.24) is 5.32 Å². The first kappa shape index (κ1) is 18.5. The predicted molar refractivity (Wildman–Crippen MR) is 99.1 cm³/mol. The molecular formula is C20H24N2O3. The van der Waals surface area contributed by atoms with E-state index in [9.17, 15) is 9.59 Å². The molecule has 25 heavy (non-hydrogen) atoms. The largest absolute Gasteiger partial charge is 0.491 e. The molecule has 0 atom stereocenters. The molecule has 2 rings (SSSR count). The normalized spacial score (nSPS) is 10.4. The van der Waals surface area contributed by atoms with Crippen molar-refractivity contribution in [2.75, 3.05) is 11.9 Å². The summed E-state index contributed by atoms with van der Waals surface area (Å²) >= 11 is 0. The van der Waals surface area contributed by atoms with Crippen molar-refractivity contribution < 1.29 is 14.3 Å². The average Bonchev–Trinajstić information content (AvgIpc) is 2.56. The van der Waals surface area contributed by atoms with Crippen LogP contribution in [0, 0.1) is 13.8 Å². The molecule has 0 bridgehead atoms. The van der Waals surface area contributed by atoms with Gasteiger partial charge in [-0.25, -0.2) is 0 Å². The third-order valence-electron chi connectivity index (χ3n) is 3.64. The van der Waals surface area contributed by atoms with Gasteiger partial charge in [0.05, 0.1) is 12.6 Å². The van der Waals surface area contributed by atoms with Crippen molar-refractivity contribution in [2.45, 2.75) is 33.8 Å². The number of hydrogen-bond acceptors (Lipinski definition) is 3. The molecule has 0 aliphatic rings. The number of amides is 2. The van der Waals surface area contributed by atoms with Crippen LogP contribution in [0.2, 0.25) is 0 Å². The number of benzene rings is 2. The van der Waals surface area contributed by atoms with Gasteiger partial charge in [0.1, 0.15) is 5.75 Å². The maximum absolute atomic E-state index is 12.1. The van der Waals surface area contributed by atoms with E-state index in [-0.39, 0.29) is 24.5 Å². The maximum Gasteiger partial charge on any atom is 0.251 e. The van der Waals surface area contributed by atoms with E-state index in [0.29, 0.717) is 11.3 Å². The molecule has 0 aliphatic heterocycles. The molecule has 2 N–H and O–H groups in total. The van der Waals surface area contributed by atoms with Crippen molar-refractivity contribution in [1.29, 1.82) is 0 Å². The van der Waals surface area contributed by atoms with Crippen molar-refractivity contribution in [2.24, 2.45) is 0 Å². The van der Waals surface area contributed by atoms with Crippen LogP contribution in [-0.2, 0) is 4.79 Å². The molecule has 0 aliphatic carbocycles. The summed E-state index contributed by atoms with van der Waals surface area (Å²) in [6, 6.07) is 12.6. The van der Waals surface area contributed by atoms with E-state index in [1.165, 1.54) is 0 Å². The molecule has 0 unspecified atom stereocenters. The van der Waals surface area contributed by atoms with Gasteiger partial charge in [-0.15, -0.1) is 0 Å². The minimum Gasteiger partial charge on any atom is -0.491 e. The second-order valence-corrected chi connectivity index (χ2v) is 6.19. The van der Waals surface area contributed by atoms with Crippen molar-refractivity contribution >= 4 is 17.5 Å². The van der Waals surface area contributed by atoms with E-state index < -0.39 is 0 Å². The molecule has 0 saturated heterocycles. The van der Waals surface area contributed by atoms with Gasteiger partial charge in [-0.3, -0.25) is 9.59 Å². The lowest BCUT2D eigenvalue weighted by atomic mass is 10.1. The molecule has 2 aromatic rings. The van der Waals surface area contributed by atoms with Gasteiger partial charge < -0.3 is 15.4 Å². The van der Waals surface area contributed by atoms with E-state index >= 15 is 0 Å². The molecule has 132 valence electrons. The smallest absolute Gasteiger partial charge is 0.251 e. The summed E-state index contributed by atoms with van der Waals surface area (Å²) in [5.74, 6) is 0.151. The quantitative estimate of drug-likeness (QED) is 0.846. The summed E-state index contributed by atoms with van der Waals surface area (Å²) in [6.45, 7) is 7.66. The summed E-state index contributed by atoms with van der Waals surface area (Å²) in [5, 5.41) is 5.47. The lowest BCUT2D eigenvalue weighted by Crippen LogP contribution is -2.33. The summed E-state index contributed by atoms with van der Waals surface area (Å²) in [5.41, 5.74) is 3.24. The van der Waals surface area contributed by atoms with Gasteiger partial charge in [0, 0.05) is 11.3 Å². The second kappa shape index (κ2) is 8.33. The zero-order valence-electron chi connectivity index (χ0n) is 15.1. The molecule has 0 saturated carbocycles. The lowest BCUT2D eigenvalue weighted by Gasteiger charge is -2.12. The van der Waals surface area contributed by atoms with Crippen LogP contribution in [0.1, 0.15) is 35.3 Å². The van der Waals surface area contributed by atoms with Gasteiger partial charge in [-0.2, -0.15) is 0 Å². The number of anilines is 1. The van der Waals surface area contributed by atoms with Crippen LogP contribution in [-0.4, -0.2) is 24.5 Å². The lowest BCUT2D eigenvalue weighted by molar-refractivity contribution is -0.115. The Kier molecular flexibility index (Phi) is 6.17. The average molecular weight is 340 g/mol. The van der Waals surface area contributed by atoms with Crippen LogP contribution in [0.3, 0.4) is 0 Å². The Morgan fingerprint density at radius 1 is 1.00 bits per heavy atom. The fourth-order valence-electron chi connectivity index (χ4n) is 2.41. The molecule has 0 spiro atoms. The number of para-hydroxylation sites is 1. The fourth-order valence-corrected chi connectivity index (χ4v) is 2.41. The van der Waals surface area contributed by atoms with Crippen LogP contribution in [0.5, 0.6) is 5.75 Å². The van der Waals surface area contributed by atoms with Gasteiger partial charge in [-0.1, -0.05) is 18.2 Å². The highest BCUT2D eigenvalue weighted by Crippen LogP contribution is 2.19. The summed E-state index contributed by atoms with van der Waals surface area (Å²) in [4.78, 5) is 24.2. The molecule has 0 fully saturated rings. The zero-order valence-corrected chi connectivity index (χ0v) is 15.1. The molecule has 0 aromatic heterocycles. The minimum absolute atomic E-state index is 0.0771. The standard InChI is InChI=1S/C20H24N2O3/c1-13(2)25-17-10-8-16(9-11-17)20(24)21-12-18(23)22-19-14(3)6-5-7-15(19)4/h5-11,13H,12H2,1-4H3,(H,21,24)(H,22,23). The van der Waals surface area contributed by atoms with Crippen molar-refractivity contribution in [3.63, 3.8) is 0 Å². The molecular weight excluding hydrogens is 316 g/mol. The Bertz CT molecular complexity index is 732. The molecule has 5 heteroatoms. The fraction of sp³-hybridized carbons (Fsp3) is 0.300. The van der Waals surface area contributed by atoms with E-state index in [1.807, 2.05) is 45.9 Å². The van der Waals surface area contributed by atoms with Crippen molar-refractivity contribution in [3.8, 4) is 5.75 Å². The number of aryl methyl sites for hydroxylation is 2. The van der Waals surface area contributed by atoms with Gasteiger partial charge >= 0.3 is 0 Å². The van der Waals surface area contributed by atoms with Gasteiger partial charge in [-0.05, 0) is 63.1 Å². The summed E-state index contributed by atoms with van der Waals surface area (Å²) < 4.78 is 5.54. The number of nitrogens with one attached hydrogen (secondary N) is 2. The van der Waals surface area contributed by atoms with E-state index in [2.05, 4.69) is 10.6 Å². The first-order chi connectivity index (χ1) is 11.9. The predicted octanol–water partition coefficient (Wildman–Crippen LogP) is 3.46. The van der Waals surface area contributed by atoms with Gasteiger partial charge in [0.15, 0.2) is 0 Å². The molecule has 2 aromatic carbocycles. The molecule has 5 nitrogen and oxygen atoms in total. The van der Waals surface area contributed by atoms with Crippen molar-refractivity contribution in [3.05, 3.63) is 59.2 Å². The Labute approximate surface area is 148 Å². The first-order valence-electron chi connectivity index (χ1n) is 8.28. The van der Waals surface area contributed by atoms with Crippen LogP contribution < -0.4 is 15.4 Å². The summed E-state index contributed by atoms with van der Waals surface area (Å²) in [7, 11) is 0. The Hall–Kier alpha value is -2.82. The number of hydrogen-bond donors (Lipinski definition) is 2. The molecule has 0 radical (unpaired) electrons. The second-order valence-electron chi connectivity index (χ2n) is 6.19. The third-order valence-corrected chi connectivity index (χ3v) is 3.64. The Morgan fingerprint density at radius 2 is 1.60 bits per heavy atom. The van der Waals surface area contributed by atoms with Crippen LogP contribution >= 0.6 is 0 Å². The SMILES string of the molecule is Cc1cccc(C)c1NC(=O)CNC(=O)c1ccc(OC(C)C)cc1. The molecule has 0 heterocycles. The maximum atomic E-state index is 12.1. The topological polar surface area (TPSA) is 67.4 Å². The number of ether oxygens (including phenoxy) is 1.